The zero-order valence-corrected chi connectivity index (χ0v) is 30.1. The first-order chi connectivity index (χ1) is 23.4. The fourth-order valence-electron chi connectivity index (χ4n) is 7.71. The van der Waals surface area contributed by atoms with Crippen LogP contribution in [0.25, 0.3) is 0 Å². The van der Waals surface area contributed by atoms with E-state index in [0.29, 0.717) is 24.1 Å². The number of anilines is 1. The lowest BCUT2D eigenvalue weighted by Crippen LogP contribution is -2.59. The largest absolute Gasteiger partial charge is 0.455 e. The van der Waals surface area contributed by atoms with Gasteiger partial charge < -0.3 is 29.7 Å². The molecule has 11 heteroatoms. The molecule has 5 rings (SSSR count). The number of nitrogens with zero attached hydrogens (tertiary/aromatic N) is 2. The van der Waals surface area contributed by atoms with E-state index < -0.39 is 66.3 Å². The SMILES string of the molecule is C=CCCC(=O)N[C@H](C)[C@@H](OC(=O)[C@@H]1[C@H]2O[C@@]3(CC2Br)[C@H](C(=O)N(CC=C)c2cc(C)ccc2C)N([C@H](C)CO)C(=O)[C@@H]13)c1ccccc1. The van der Waals surface area contributed by atoms with Gasteiger partial charge in [0.2, 0.25) is 11.8 Å². The number of likely N-dealkylation sites (tertiary alicyclic amines) is 1. The lowest BCUT2D eigenvalue weighted by atomic mass is 9.70. The van der Waals surface area contributed by atoms with Gasteiger partial charge in [0.05, 0.1) is 36.6 Å². The maximum absolute atomic E-state index is 14.9. The fraction of sp³-hybridized carbons (Fsp3) is 0.474. The number of hydrogen-bond acceptors (Lipinski definition) is 7. The summed E-state index contributed by atoms with van der Waals surface area (Å²) in [6.07, 6.45) is 2.74. The second-order valence-electron chi connectivity index (χ2n) is 13.4. The number of fused-ring (bicyclic) bond motifs is 1. The molecule has 2 aromatic carbocycles. The van der Waals surface area contributed by atoms with Crippen LogP contribution in [0.3, 0.4) is 0 Å². The Morgan fingerprint density at radius 2 is 1.88 bits per heavy atom. The molecule has 0 saturated carbocycles. The third kappa shape index (κ3) is 6.72. The highest BCUT2D eigenvalue weighted by molar-refractivity contribution is 9.09. The summed E-state index contributed by atoms with van der Waals surface area (Å²) in [5.41, 5.74) is 1.83. The van der Waals surface area contributed by atoms with Crippen molar-refractivity contribution >= 4 is 45.3 Å². The zero-order valence-electron chi connectivity index (χ0n) is 28.5. The van der Waals surface area contributed by atoms with Gasteiger partial charge in [-0.25, -0.2) is 0 Å². The van der Waals surface area contributed by atoms with Crippen LogP contribution in [0.4, 0.5) is 5.69 Å². The number of carbonyl (C=O) groups is 4. The molecule has 2 bridgehead atoms. The zero-order chi connectivity index (χ0) is 35.6. The standard InChI is InChI=1S/C38H46BrN3O7/c1-7-9-15-29(44)40-25(6)32(26-13-11-10-12-14-26)48-37(47)30-31-35(45)42(24(5)21-43)34(38(31)20-27(39)33(30)49-38)36(46)41(18-8-2)28-19-22(3)16-17-23(28)4/h7-8,10-14,16-17,19,24-25,27,30-34,43H,1-2,9,15,18,20-21H2,3-6H3,(H,40,44)/t24-,25-,27?,30+,31-,32-,33+,34+,38-/m1/s1. The maximum Gasteiger partial charge on any atom is 0.313 e. The van der Waals surface area contributed by atoms with E-state index in [1.165, 1.54) is 4.90 Å². The van der Waals surface area contributed by atoms with Gasteiger partial charge in [0.1, 0.15) is 17.7 Å². The number of halogens is 1. The molecule has 262 valence electrons. The predicted octanol–water partition coefficient (Wildman–Crippen LogP) is 4.71. The number of rotatable bonds is 14. The molecule has 0 radical (unpaired) electrons. The van der Waals surface area contributed by atoms with Crippen LogP contribution in [0.2, 0.25) is 0 Å². The first kappa shape index (κ1) is 36.5. The van der Waals surface area contributed by atoms with Crippen LogP contribution in [0.5, 0.6) is 0 Å². The predicted molar refractivity (Wildman–Crippen MR) is 190 cm³/mol. The Balaban J connectivity index is 1.52. The molecular weight excluding hydrogens is 690 g/mol. The molecule has 0 aliphatic carbocycles. The van der Waals surface area contributed by atoms with Gasteiger partial charge in [-0.05, 0) is 63.3 Å². The molecule has 3 aliphatic heterocycles. The number of nitrogens with one attached hydrogen (secondary N) is 1. The summed E-state index contributed by atoms with van der Waals surface area (Å²) in [7, 11) is 0. The minimum atomic E-state index is -1.36. The number of alkyl halides is 1. The molecule has 1 spiro atoms. The van der Waals surface area contributed by atoms with Crippen molar-refractivity contribution in [2.75, 3.05) is 18.1 Å². The number of aliphatic hydroxyl groups excluding tert-OH is 1. The number of benzene rings is 2. The quantitative estimate of drug-likeness (QED) is 0.164. The number of aliphatic hydroxyl groups is 1. The smallest absolute Gasteiger partial charge is 0.313 e. The van der Waals surface area contributed by atoms with E-state index >= 15 is 0 Å². The number of esters is 1. The Labute approximate surface area is 296 Å². The number of hydrogen-bond donors (Lipinski definition) is 2. The number of allylic oxidation sites excluding steroid dienone is 1. The van der Waals surface area contributed by atoms with Gasteiger partial charge in [-0.1, -0.05) is 70.5 Å². The Bertz CT molecular complexity index is 1600. The van der Waals surface area contributed by atoms with Crippen molar-refractivity contribution in [3.8, 4) is 0 Å². The Hall–Kier alpha value is -3.80. The summed E-state index contributed by atoms with van der Waals surface area (Å²) in [4.78, 5) is 59.1. The van der Waals surface area contributed by atoms with E-state index in [9.17, 15) is 24.3 Å². The van der Waals surface area contributed by atoms with Crippen LogP contribution in [-0.4, -0.2) is 81.5 Å². The number of ether oxygens (including phenoxy) is 2. The molecule has 10 nitrogen and oxygen atoms in total. The van der Waals surface area contributed by atoms with Crippen molar-refractivity contribution < 1.29 is 33.8 Å². The monoisotopic (exact) mass is 735 g/mol. The Morgan fingerprint density at radius 1 is 1.16 bits per heavy atom. The average molecular weight is 737 g/mol. The van der Waals surface area contributed by atoms with Crippen molar-refractivity contribution in [2.24, 2.45) is 11.8 Å². The first-order valence-corrected chi connectivity index (χ1v) is 17.7. The van der Waals surface area contributed by atoms with E-state index in [0.717, 1.165) is 11.1 Å². The van der Waals surface area contributed by atoms with Crippen LogP contribution in [0.1, 0.15) is 55.9 Å². The summed E-state index contributed by atoms with van der Waals surface area (Å²) in [6.45, 7) is 14.7. The molecule has 3 aliphatic rings. The van der Waals surface area contributed by atoms with Gasteiger partial charge in [-0.15, -0.1) is 13.2 Å². The van der Waals surface area contributed by atoms with Gasteiger partial charge in [0, 0.05) is 23.5 Å². The van der Waals surface area contributed by atoms with Gasteiger partial charge in [-0.3, -0.25) is 19.2 Å². The summed E-state index contributed by atoms with van der Waals surface area (Å²) >= 11 is 3.72. The van der Waals surface area contributed by atoms with Crippen LogP contribution in [0.15, 0.2) is 73.8 Å². The van der Waals surface area contributed by atoms with Crippen molar-refractivity contribution in [1.82, 2.24) is 10.2 Å². The molecule has 49 heavy (non-hydrogen) atoms. The lowest BCUT2D eigenvalue weighted by Gasteiger charge is -2.39. The third-order valence-corrected chi connectivity index (χ3v) is 10.8. The van der Waals surface area contributed by atoms with E-state index in [-0.39, 0.29) is 29.6 Å². The molecule has 3 amide bonds. The molecule has 1 unspecified atom stereocenters. The Morgan fingerprint density at radius 3 is 2.53 bits per heavy atom. The fourth-order valence-corrected chi connectivity index (χ4v) is 8.66. The highest BCUT2D eigenvalue weighted by atomic mass is 79.9. The van der Waals surface area contributed by atoms with Crippen molar-refractivity contribution in [3.63, 3.8) is 0 Å². The normalized spacial score (nSPS) is 27.2. The Kier molecular flexibility index (Phi) is 11.2. The molecule has 9 atom stereocenters. The van der Waals surface area contributed by atoms with E-state index in [1.54, 1.807) is 30.9 Å². The van der Waals surface area contributed by atoms with Gasteiger partial charge in [-0.2, -0.15) is 0 Å². The van der Waals surface area contributed by atoms with Gasteiger partial charge in [0.15, 0.2) is 0 Å². The molecule has 3 heterocycles. The second-order valence-corrected chi connectivity index (χ2v) is 14.6. The topological polar surface area (TPSA) is 125 Å². The van der Waals surface area contributed by atoms with Crippen molar-refractivity contribution in [1.29, 1.82) is 0 Å². The number of amides is 3. The van der Waals surface area contributed by atoms with Crippen LogP contribution in [0, 0.1) is 25.7 Å². The molecule has 2 aromatic rings. The molecule has 0 aromatic heterocycles. The number of aryl methyl sites for hydroxylation is 2. The number of carbonyl (C=O) groups excluding carboxylic acids is 4. The van der Waals surface area contributed by atoms with E-state index in [4.69, 9.17) is 9.47 Å². The van der Waals surface area contributed by atoms with Gasteiger partial charge >= 0.3 is 5.97 Å². The lowest BCUT2D eigenvalue weighted by molar-refractivity contribution is -0.162. The highest BCUT2D eigenvalue weighted by Crippen LogP contribution is 2.61. The van der Waals surface area contributed by atoms with Crippen LogP contribution >= 0.6 is 15.9 Å². The molecule has 3 saturated heterocycles. The van der Waals surface area contributed by atoms with E-state index in [2.05, 4.69) is 34.4 Å². The minimum Gasteiger partial charge on any atom is -0.455 e. The average Bonchev–Trinajstić information content (AvgIpc) is 3.69. The van der Waals surface area contributed by atoms with E-state index in [1.807, 2.05) is 62.4 Å². The first-order valence-electron chi connectivity index (χ1n) is 16.8. The van der Waals surface area contributed by atoms with Crippen LogP contribution < -0.4 is 10.2 Å². The van der Waals surface area contributed by atoms with Crippen molar-refractivity contribution in [3.05, 3.63) is 90.5 Å². The van der Waals surface area contributed by atoms with Crippen LogP contribution in [-0.2, 0) is 28.7 Å². The van der Waals surface area contributed by atoms with Crippen molar-refractivity contribution in [2.45, 2.75) is 87.7 Å². The summed E-state index contributed by atoms with van der Waals surface area (Å²) in [5.74, 6) is -3.75. The van der Waals surface area contributed by atoms with Gasteiger partial charge in [0.25, 0.3) is 5.91 Å². The summed E-state index contributed by atoms with van der Waals surface area (Å²) < 4.78 is 12.9. The second kappa shape index (κ2) is 15.0. The molecule has 2 N–H and O–H groups in total. The minimum absolute atomic E-state index is 0.178. The summed E-state index contributed by atoms with van der Waals surface area (Å²) in [5, 5.41) is 13.3. The molecule has 3 fully saturated rings. The highest BCUT2D eigenvalue weighted by Gasteiger charge is 2.77. The molecular formula is C38H46BrN3O7. The maximum atomic E-state index is 14.9. The third-order valence-electron chi connectivity index (χ3n) is 9.99. The summed E-state index contributed by atoms with van der Waals surface area (Å²) in [6, 6.07) is 12.5.